The quantitative estimate of drug-likeness (QED) is 0.901. The van der Waals surface area contributed by atoms with Crippen LogP contribution in [0.1, 0.15) is 38.3 Å². The van der Waals surface area contributed by atoms with Crippen LogP contribution in [-0.4, -0.2) is 38.5 Å². The van der Waals surface area contributed by atoms with Crippen molar-refractivity contribution in [1.29, 1.82) is 0 Å². The maximum absolute atomic E-state index is 12.7. The molecule has 2 N–H and O–H groups in total. The highest BCUT2D eigenvalue weighted by atomic mass is 32.2. The van der Waals surface area contributed by atoms with Crippen LogP contribution >= 0.6 is 0 Å². The molecule has 5 nitrogen and oxygen atoms in total. The molecule has 118 valence electrons. The Kier molecular flexibility index (Phi) is 5.37. The Morgan fingerprint density at radius 2 is 2.05 bits per heavy atom. The van der Waals surface area contributed by atoms with Gasteiger partial charge in [-0.05, 0) is 44.4 Å². The van der Waals surface area contributed by atoms with Gasteiger partial charge in [0.2, 0.25) is 10.0 Å². The second-order valence-corrected chi connectivity index (χ2v) is 7.36. The van der Waals surface area contributed by atoms with Crippen LogP contribution in [-0.2, 0) is 14.8 Å². The summed E-state index contributed by atoms with van der Waals surface area (Å²) in [4.78, 5) is 0.326. The van der Waals surface area contributed by atoms with Crippen molar-refractivity contribution in [3.63, 3.8) is 0 Å². The second-order valence-electron chi connectivity index (χ2n) is 5.42. The number of rotatable bonds is 5. The number of nitrogens with zero attached hydrogens (tertiary/aromatic N) is 1. The Labute approximate surface area is 127 Å². The summed E-state index contributed by atoms with van der Waals surface area (Å²) in [5, 5.41) is 0. The van der Waals surface area contributed by atoms with Gasteiger partial charge in [0.15, 0.2) is 0 Å². The fourth-order valence-electron chi connectivity index (χ4n) is 2.58. The van der Waals surface area contributed by atoms with Crippen LogP contribution < -0.4 is 5.73 Å². The number of hydrogen-bond donors (Lipinski definition) is 1. The zero-order valence-electron chi connectivity index (χ0n) is 12.7. The summed E-state index contributed by atoms with van der Waals surface area (Å²) in [6.45, 7) is 5.50. The van der Waals surface area contributed by atoms with Gasteiger partial charge in [0.1, 0.15) is 0 Å². The van der Waals surface area contributed by atoms with Gasteiger partial charge in [0.05, 0.1) is 11.0 Å². The van der Waals surface area contributed by atoms with Gasteiger partial charge in [-0.15, -0.1) is 0 Å². The number of piperidine rings is 1. The normalized spacial score (nSPS) is 19.6. The van der Waals surface area contributed by atoms with Gasteiger partial charge >= 0.3 is 0 Å². The van der Waals surface area contributed by atoms with Gasteiger partial charge < -0.3 is 10.5 Å². The molecule has 6 heteroatoms. The molecule has 0 amide bonds. The summed E-state index contributed by atoms with van der Waals surface area (Å²) in [6.07, 6.45) is 1.68. The van der Waals surface area contributed by atoms with Gasteiger partial charge in [-0.1, -0.05) is 12.1 Å². The maximum atomic E-state index is 12.7. The van der Waals surface area contributed by atoms with Gasteiger partial charge in [-0.2, -0.15) is 4.31 Å². The first-order chi connectivity index (χ1) is 9.95. The summed E-state index contributed by atoms with van der Waals surface area (Å²) in [6, 6.07) is 6.73. The highest BCUT2D eigenvalue weighted by Gasteiger charge is 2.29. The van der Waals surface area contributed by atoms with Crippen LogP contribution in [0.2, 0.25) is 0 Å². The molecule has 1 saturated heterocycles. The third kappa shape index (κ3) is 3.83. The lowest BCUT2D eigenvalue weighted by Crippen LogP contribution is -2.40. The van der Waals surface area contributed by atoms with Crippen molar-refractivity contribution < 1.29 is 13.2 Å². The lowest BCUT2D eigenvalue weighted by Gasteiger charge is -2.31. The molecule has 0 spiro atoms. The lowest BCUT2D eigenvalue weighted by atomic mass is 10.1. The predicted molar refractivity (Wildman–Crippen MR) is 82.5 cm³/mol. The lowest BCUT2D eigenvalue weighted by molar-refractivity contribution is 0.0290. The fraction of sp³-hybridized carbons (Fsp3) is 0.600. The van der Waals surface area contributed by atoms with Crippen LogP contribution in [0, 0.1) is 0 Å². The summed E-state index contributed by atoms with van der Waals surface area (Å²) in [5.41, 5.74) is 6.66. The SMILES string of the molecule is CCOC1CCN(S(=O)(=O)c2cccc(C(C)N)c2)CC1. The fourth-order valence-corrected chi connectivity index (χ4v) is 4.11. The van der Waals surface area contributed by atoms with Crippen LogP contribution in [0.25, 0.3) is 0 Å². The van der Waals surface area contributed by atoms with Crippen molar-refractivity contribution in [3.05, 3.63) is 29.8 Å². The molecule has 1 aliphatic heterocycles. The van der Waals surface area contributed by atoms with E-state index in [9.17, 15) is 8.42 Å². The molecule has 1 aliphatic rings. The minimum Gasteiger partial charge on any atom is -0.378 e. The molecule has 1 aromatic carbocycles. The largest absolute Gasteiger partial charge is 0.378 e. The van der Waals surface area contributed by atoms with E-state index >= 15 is 0 Å². The topological polar surface area (TPSA) is 72.6 Å². The van der Waals surface area contributed by atoms with Crippen LogP contribution in [0.4, 0.5) is 0 Å². The third-order valence-electron chi connectivity index (χ3n) is 3.82. The van der Waals surface area contributed by atoms with Crippen molar-refractivity contribution in [3.8, 4) is 0 Å². The number of nitrogens with two attached hydrogens (primary N) is 1. The molecule has 1 fully saturated rings. The molecule has 1 atom stereocenters. The number of sulfonamides is 1. The monoisotopic (exact) mass is 312 g/mol. The standard InChI is InChI=1S/C15H24N2O3S/c1-3-20-14-7-9-17(10-8-14)21(18,19)15-6-4-5-13(11-15)12(2)16/h4-6,11-12,14H,3,7-10,16H2,1-2H3. The number of benzene rings is 1. The molecule has 0 aromatic heterocycles. The van der Waals surface area contributed by atoms with Crippen molar-refractivity contribution >= 4 is 10.0 Å². The van der Waals surface area contributed by atoms with Crippen molar-refractivity contribution in [2.24, 2.45) is 5.73 Å². The highest BCUT2D eigenvalue weighted by Crippen LogP contribution is 2.23. The Balaban J connectivity index is 2.14. The van der Waals surface area contributed by atoms with Crippen molar-refractivity contribution in [1.82, 2.24) is 4.31 Å². The summed E-state index contributed by atoms with van der Waals surface area (Å²) < 4.78 is 32.4. The molecule has 21 heavy (non-hydrogen) atoms. The summed E-state index contributed by atoms with van der Waals surface area (Å²) >= 11 is 0. The molecule has 1 unspecified atom stereocenters. The Morgan fingerprint density at radius 3 is 2.62 bits per heavy atom. The van der Waals surface area contributed by atoms with E-state index in [1.54, 1.807) is 22.5 Å². The summed E-state index contributed by atoms with van der Waals surface area (Å²) in [7, 11) is -3.43. The average Bonchev–Trinajstić information content (AvgIpc) is 2.48. The van der Waals surface area contributed by atoms with Crippen LogP contribution in [0.3, 0.4) is 0 Å². The van der Waals surface area contributed by atoms with Gasteiger partial charge in [-0.25, -0.2) is 8.42 Å². The van der Waals surface area contributed by atoms with Crippen molar-refractivity contribution in [2.75, 3.05) is 19.7 Å². The zero-order chi connectivity index (χ0) is 15.5. The van der Waals surface area contributed by atoms with Crippen molar-refractivity contribution in [2.45, 2.75) is 43.7 Å². The molecule has 0 saturated carbocycles. The van der Waals surface area contributed by atoms with Gasteiger partial charge in [-0.3, -0.25) is 0 Å². The van der Waals surface area contributed by atoms with E-state index in [0.717, 1.165) is 18.4 Å². The van der Waals surface area contributed by atoms with E-state index in [-0.39, 0.29) is 12.1 Å². The Bertz CT molecular complexity index is 564. The molecular formula is C15H24N2O3S. The zero-order valence-corrected chi connectivity index (χ0v) is 13.5. The minimum absolute atomic E-state index is 0.177. The molecule has 0 bridgehead atoms. The smallest absolute Gasteiger partial charge is 0.243 e. The maximum Gasteiger partial charge on any atom is 0.243 e. The Morgan fingerprint density at radius 1 is 1.38 bits per heavy atom. The molecule has 1 aromatic rings. The van der Waals surface area contributed by atoms with E-state index in [0.29, 0.717) is 24.6 Å². The Hall–Kier alpha value is -0.950. The van der Waals surface area contributed by atoms with E-state index in [2.05, 4.69) is 0 Å². The second kappa shape index (κ2) is 6.87. The number of hydrogen-bond acceptors (Lipinski definition) is 4. The van der Waals surface area contributed by atoms with E-state index in [4.69, 9.17) is 10.5 Å². The highest BCUT2D eigenvalue weighted by molar-refractivity contribution is 7.89. The predicted octanol–water partition coefficient (Wildman–Crippen LogP) is 1.90. The first-order valence-electron chi connectivity index (χ1n) is 7.42. The molecule has 2 rings (SSSR count). The van der Waals surface area contributed by atoms with Gasteiger partial charge in [0, 0.05) is 25.7 Å². The number of ether oxygens (including phenoxy) is 1. The van der Waals surface area contributed by atoms with Gasteiger partial charge in [0.25, 0.3) is 0 Å². The van der Waals surface area contributed by atoms with E-state index < -0.39 is 10.0 Å². The molecule has 0 aliphatic carbocycles. The molecule has 0 radical (unpaired) electrons. The molecular weight excluding hydrogens is 288 g/mol. The van der Waals surface area contributed by atoms with Crippen LogP contribution in [0.5, 0.6) is 0 Å². The van der Waals surface area contributed by atoms with E-state index in [1.807, 2.05) is 19.9 Å². The third-order valence-corrected chi connectivity index (χ3v) is 5.72. The minimum atomic E-state index is -3.43. The first kappa shape index (κ1) is 16.4. The average molecular weight is 312 g/mol. The van der Waals surface area contributed by atoms with E-state index in [1.165, 1.54) is 0 Å². The summed E-state index contributed by atoms with van der Waals surface area (Å²) in [5.74, 6) is 0. The first-order valence-corrected chi connectivity index (χ1v) is 8.86. The van der Waals surface area contributed by atoms with Crippen LogP contribution in [0.15, 0.2) is 29.2 Å². The molecule has 1 heterocycles.